The van der Waals surface area contributed by atoms with Gasteiger partial charge in [0.1, 0.15) is 0 Å². The molecule has 0 saturated carbocycles. The summed E-state index contributed by atoms with van der Waals surface area (Å²) in [5.41, 5.74) is 2.52. The fourth-order valence-corrected chi connectivity index (χ4v) is 2.36. The van der Waals surface area contributed by atoms with Gasteiger partial charge in [-0.15, -0.1) is 10.2 Å². The molecule has 1 aliphatic heterocycles. The molecule has 0 spiro atoms. The minimum absolute atomic E-state index is 0.170. The summed E-state index contributed by atoms with van der Waals surface area (Å²) >= 11 is 6.12. The molecule has 0 radical (unpaired) electrons. The molecule has 0 unspecified atom stereocenters. The normalized spacial score (nSPS) is 14.6. The van der Waals surface area contributed by atoms with E-state index in [1.54, 1.807) is 17.0 Å². The molecule has 23 heavy (non-hydrogen) atoms. The highest BCUT2D eigenvalue weighted by atomic mass is 35.5. The molecular formula is C16H16ClN3O3. The van der Waals surface area contributed by atoms with E-state index in [4.69, 9.17) is 21.1 Å². The van der Waals surface area contributed by atoms with Crippen LogP contribution in [-0.4, -0.2) is 47.5 Å². The highest BCUT2D eigenvalue weighted by Gasteiger charge is 2.19. The average Bonchev–Trinajstić information content (AvgIpc) is 2.59. The van der Waals surface area contributed by atoms with Crippen molar-refractivity contribution in [3.8, 4) is 17.1 Å². The van der Waals surface area contributed by atoms with E-state index in [-0.39, 0.29) is 5.88 Å². The second-order valence-electron chi connectivity index (χ2n) is 5.19. The molecule has 1 aromatic heterocycles. The number of rotatable bonds is 2. The molecule has 6 nitrogen and oxygen atoms in total. The number of nitrogens with zero attached hydrogens (tertiary/aromatic N) is 3. The molecule has 0 N–H and O–H groups in total. The Labute approximate surface area is 139 Å². The molecule has 0 atom stereocenters. The quantitative estimate of drug-likeness (QED) is 0.845. The van der Waals surface area contributed by atoms with Gasteiger partial charge in [0.05, 0.1) is 18.9 Å². The highest BCUT2D eigenvalue weighted by molar-refractivity contribution is 6.31. The molecule has 1 amide bonds. The van der Waals surface area contributed by atoms with Crippen LogP contribution in [-0.2, 0) is 4.74 Å². The van der Waals surface area contributed by atoms with E-state index in [9.17, 15) is 4.79 Å². The number of carbonyl (C=O) groups excluding carboxylic acids is 1. The third-order valence-electron chi connectivity index (χ3n) is 3.57. The van der Waals surface area contributed by atoms with Gasteiger partial charge in [-0.2, -0.15) is 0 Å². The molecule has 0 aliphatic carbocycles. The van der Waals surface area contributed by atoms with Gasteiger partial charge in [0.25, 0.3) is 0 Å². The maximum Gasteiger partial charge on any atom is 0.416 e. The van der Waals surface area contributed by atoms with E-state index in [1.807, 2.05) is 25.1 Å². The van der Waals surface area contributed by atoms with E-state index in [0.717, 1.165) is 11.1 Å². The zero-order valence-electron chi connectivity index (χ0n) is 12.7. The van der Waals surface area contributed by atoms with E-state index in [2.05, 4.69) is 10.2 Å². The predicted molar refractivity (Wildman–Crippen MR) is 85.6 cm³/mol. The number of aromatic nitrogens is 2. The van der Waals surface area contributed by atoms with Crippen LogP contribution in [0.25, 0.3) is 11.3 Å². The number of aryl methyl sites for hydroxylation is 1. The standard InChI is InChI=1S/C16H16ClN3O3/c1-11-2-3-12(10-13(11)17)14-4-5-15(19-18-14)23-16(21)20-6-8-22-9-7-20/h2-5,10H,6-9H2,1H3. The molecule has 1 saturated heterocycles. The van der Waals surface area contributed by atoms with Crippen molar-refractivity contribution in [2.75, 3.05) is 26.3 Å². The minimum Gasteiger partial charge on any atom is -0.389 e. The van der Waals surface area contributed by atoms with Crippen molar-refractivity contribution in [3.05, 3.63) is 40.9 Å². The van der Waals surface area contributed by atoms with Crippen LogP contribution in [0.4, 0.5) is 4.79 Å². The van der Waals surface area contributed by atoms with E-state index in [1.165, 1.54) is 0 Å². The van der Waals surface area contributed by atoms with Gasteiger partial charge >= 0.3 is 6.09 Å². The van der Waals surface area contributed by atoms with Crippen LogP contribution in [0.2, 0.25) is 5.02 Å². The van der Waals surface area contributed by atoms with Crippen LogP contribution >= 0.6 is 11.6 Å². The monoisotopic (exact) mass is 333 g/mol. The molecular weight excluding hydrogens is 318 g/mol. The van der Waals surface area contributed by atoms with E-state index >= 15 is 0 Å². The van der Waals surface area contributed by atoms with Gasteiger partial charge in [-0.05, 0) is 24.6 Å². The Hall–Kier alpha value is -2.18. The lowest BCUT2D eigenvalue weighted by Crippen LogP contribution is -2.42. The van der Waals surface area contributed by atoms with Crippen molar-refractivity contribution < 1.29 is 14.3 Å². The highest BCUT2D eigenvalue weighted by Crippen LogP contribution is 2.24. The molecule has 1 aliphatic rings. The second kappa shape index (κ2) is 6.93. The summed E-state index contributed by atoms with van der Waals surface area (Å²) in [4.78, 5) is 13.5. The summed E-state index contributed by atoms with van der Waals surface area (Å²) in [5, 5.41) is 8.71. The molecule has 3 rings (SSSR count). The lowest BCUT2D eigenvalue weighted by molar-refractivity contribution is 0.0411. The average molecular weight is 334 g/mol. The maximum absolute atomic E-state index is 12.0. The molecule has 0 bridgehead atoms. The van der Waals surface area contributed by atoms with Crippen molar-refractivity contribution in [1.82, 2.24) is 15.1 Å². The number of carbonyl (C=O) groups is 1. The summed E-state index contributed by atoms with van der Waals surface area (Å²) in [6, 6.07) is 9.04. The second-order valence-corrected chi connectivity index (χ2v) is 5.60. The lowest BCUT2D eigenvalue weighted by atomic mass is 10.1. The van der Waals surface area contributed by atoms with Gasteiger partial charge in [-0.3, -0.25) is 0 Å². The van der Waals surface area contributed by atoms with Crippen molar-refractivity contribution in [1.29, 1.82) is 0 Å². The topological polar surface area (TPSA) is 64.5 Å². The number of amides is 1. The molecule has 120 valence electrons. The SMILES string of the molecule is Cc1ccc(-c2ccc(OC(=O)N3CCOCC3)nn2)cc1Cl. The van der Waals surface area contributed by atoms with Crippen LogP contribution in [0.1, 0.15) is 5.56 Å². The van der Waals surface area contributed by atoms with Gasteiger partial charge < -0.3 is 14.4 Å². The summed E-state index contributed by atoms with van der Waals surface area (Å²) in [6.45, 7) is 4.02. The summed E-state index contributed by atoms with van der Waals surface area (Å²) in [6.07, 6.45) is -0.436. The smallest absolute Gasteiger partial charge is 0.389 e. The zero-order valence-corrected chi connectivity index (χ0v) is 13.4. The summed E-state index contributed by atoms with van der Waals surface area (Å²) in [5.74, 6) is 0.170. The van der Waals surface area contributed by atoms with Gasteiger partial charge in [-0.25, -0.2) is 4.79 Å². The fraction of sp³-hybridized carbons (Fsp3) is 0.312. The van der Waals surface area contributed by atoms with Crippen molar-refractivity contribution in [2.45, 2.75) is 6.92 Å². The Morgan fingerprint density at radius 3 is 2.65 bits per heavy atom. The first kappa shape index (κ1) is 15.7. The lowest BCUT2D eigenvalue weighted by Gasteiger charge is -2.25. The van der Waals surface area contributed by atoms with Gasteiger partial charge in [0, 0.05) is 29.7 Å². The summed E-state index contributed by atoms with van der Waals surface area (Å²) < 4.78 is 10.4. The van der Waals surface area contributed by atoms with Gasteiger partial charge in [-0.1, -0.05) is 23.7 Å². The van der Waals surface area contributed by atoms with Crippen LogP contribution in [0, 0.1) is 6.92 Å². The Morgan fingerprint density at radius 2 is 2.00 bits per heavy atom. The summed E-state index contributed by atoms with van der Waals surface area (Å²) in [7, 11) is 0. The van der Waals surface area contributed by atoms with Gasteiger partial charge in [0.2, 0.25) is 5.88 Å². The third-order valence-corrected chi connectivity index (χ3v) is 3.98. The Morgan fingerprint density at radius 1 is 1.22 bits per heavy atom. The number of morpholine rings is 1. The number of halogens is 1. The molecule has 2 heterocycles. The number of ether oxygens (including phenoxy) is 2. The third kappa shape index (κ3) is 3.78. The first-order valence-corrected chi connectivity index (χ1v) is 7.66. The van der Waals surface area contributed by atoms with Gasteiger partial charge in [0.15, 0.2) is 0 Å². The molecule has 2 aromatic rings. The van der Waals surface area contributed by atoms with E-state index < -0.39 is 6.09 Å². The fourth-order valence-electron chi connectivity index (χ4n) is 2.18. The number of hydrogen-bond donors (Lipinski definition) is 0. The molecule has 1 aromatic carbocycles. The van der Waals surface area contributed by atoms with Crippen LogP contribution in [0.15, 0.2) is 30.3 Å². The van der Waals surface area contributed by atoms with E-state index in [0.29, 0.717) is 37.0 Å². The van der Waals surface area contributed by atoms with Crippen LogP contribution in [0.5, 0.6) is 5.88 Å². The first-order valence-electron chi connectivity index (χ1n) is 7.28. The Kier molecular flexibility index (Phi) is 4.73. The molecule has 7 heteroatoms. The zero-order chi connectivity index (χ0) is 16.2. The molecule has 1 fully saturated rings. The van der Waals surface area contributed by atoms with Crippen molar-refractivity contribution >= 4 is 17.7 Å². The van der Waals surface area contributed by atoms with Crippen molar-refractivity contribution in [3.63, 3.8) is 0 Å². The first-order chi connectivity index (χ1) is 11.1. The largest absolute Gasteiger partial charge is 0.416 e. The maximum atomic E-state index is 12.0. The minimum atomic E-state index is -0.436. The van der Waals surface area contributed by atoms with Crippen LogP contribution < -0.4 is 4.74 Å². The van der Waals surface area contributed by atoms with Crippen LogP contribution in [0.3, 0.4) is 0 Å². The Balaban J connectivity index is 1.69. The predicted octanol–water partition coefficient (Wildman–Crippen LogP) is 2.94. The number of benzene rings is 1. The van der Waals surface area contributed by atoms with Crippen molar-refractivity contribution in [2.24, 2.45) is 0 Å². The Bertz CT molecular complexity index is 700. The number of hydrogen-bond acceptors (Lipinski definition) is 5.